The fourth-order valence-corrected chi connectivity index (χ4v) is 3.87. The Morgan fingerprint density at radius 2 is 2.05 bits per heavy atom. The summed E-state index contributed by atoms with van der Waals surface area (Å²) in [6.45, 7) is 0.675. The summed E-state index contributed by atoms with van der Waals surface area (Å²) in [4.78, 5) is 0. The number of piperidine rings is 1. The molecule has 2 rings (SSSR count). The molecule has 1 fully saturated rings. The highest BCUT2D eigenvalue weighted by Crippen LogP contribution is 2.23. The largest absolute Gasteiger partial charge is 0.328 e. The van der Waals surface area contributed by atoms with Gasteiger partial charge in [0.15, 0.2) is 0 Å². The summed E-state index contributed by atoms with van der Waals surface area (Å²) >= 11 is 5.94. The van der Waals surface area contributed by atoms with Crippen molar-refractivity contribution in [2.75, 3.05) is 20.1 Å². The van der Waals surface area contributed by atoms with Gasteiger partial charge in [0.05, 0.1) is 0 Å². The van der Waals surface area contributed by atoms with Gasteiger partial charge in [-0.2, -0.15) is 17.0 Å². The topological polar surface area (TPSA) is 66.6 Å². The standard InChI is InChI=1S/C13H19ClFN3O2S/c1-17(9-11-12(14)3-2-4-13(11)15)21(19,20)18-7-5-10(16)6-8-18/h2-4,10H,5-9,16H2,1H3. The Bertz CT molecular complexity index is 583. The Morgan fingerprint density at radius 1 is 1.43 bits per heavy atom. The Morgan fingerprint density at radius 3 is 2.62 bits per heavy atom. The third kappa shape index (κ3) is 3.73. The molecule has 1 heterocycles. The second kappa shape index (κ2) is 6.58. The zero-order valence-corrected chi connectivity index (χ0v) is 13.4. The van der Waals surface area contributed by atoms with Gasteiger partial charge in [0.2, 0.25) is 0 Å². The lowest BCUT2D eigenvalue weighted by Gasteiger charge is -2.32. The molecule has 0 radical (unpaired) electrons. The van der Waals surface area contributed by atoms with Crippen LogP contribution >= 0.6 is 11.6 Å². The first kappa shape index (κ1) is 16.6. The molecule has 0 aliphatic carbocycles. The normalized spacial score (nSPS) is 18.3. The van der Waals surface area contributed by atoms with E-state index in [9.17, 15) is 12.8 Å². The molecule has 0 bridgehead atoms. The van der Waals surface area contributed by atoms with Crippen molar-refractivity contribution < 1.29 is 12.8 Å². The highest BCUT2D eigenvalue weighted by Gasteiger charge is 2.30. The molecule has 8 heteroatoms. The molecule has 2 N–H and O–H groups in total. The highest BCUT2D eigenvalue weighted by atomic mass is 35.5. The first-order valence-electron chi connectivity index (χ1n) is 6.72. The van der Waals surface area contributed by atoms with Gasteiger partial charge in [-0.1, -0.05) is 17.7 Å². The van der Waals surface area contributed by atoms with Crippen molar-refractivity contribution in [3.8, 4) is 0 Å². The molecule has 1 aromatic rings. The molecule has 118 valence electrons. The second-order valence-electron chi connectivity index (χ2n) is 5.20. The van der Waals surface area contributed by atoms with Gasteiger partial charge in [-0.25, -0.2) is 4.39 Å². The van der Waals surface area contributed by atoms with Gasteiger partial charge in [0, 0.05) is 43.3 Å². The number of nitrogens with two attached hydrogens (primary N) is 1. The quantitative estimate of drug-likeness (QED) is 0.908. The van der Waals surface area contributed by atoms with E-state index in [-0.39, 0.29) is 23.2 Å². The average molecular weight is 336 g/mol. The summed E-state index contributed by atoms with van der Waals surface area (Å²) in [6.07, 6.45) is 1.26. The van der Waals surface area contributed by atoms with Gasteiger partial charge in [-0.3, -0.25) is 0 Å². The first-order chi connectivity index (χ1) is 9.82. The summed E-state index contributed by atoms with van der Waals surface area (Å²) in [5, 5.41) is 0.220. The summed E-state index contributed by atoms with van der Waals surface area (Å²) < 4.78 is 41.2. The minimum absolute atomic E-state index is 0.0442. The Hall–Kier alpha value is -0.730. The van der Waals surface area contributed by atoms with Crippen molar-refractivity contribution >= 4 is 21.8 Å². The van der Waals surface area contributed by atoms with Crippen LogP contribution in [0, 0.1) is 5.82 Å². The van der Waals surface area contributed by atoms with Crippen LogP contribution in [0.5, 0.6) is 0 Å². The molecule has 0 spiro atoms. The Kier molecular flexibility index (Phi) is 5.21. The third-order valence-corrected chi connectivity index (χ3v) is 5.95. The van der Waals surface area contributed by atoms with Crippen LogP contribution in [0.3, 0.4) is 0 Å². The Labute approximate surface area is 129 Å². The smallest absolute Gasteiger partial charge is 0.282 e. The van der Waals surface area contributed by atoms with Crippen LogP contribution in [0.2, 0.25) is 5.02 Å². The molecule has 1 aromatic carbocycles. The van der Waals surface area contributed by atoms with E-state index in [0.29, 0.717) is 25.9 Å². The fourth-order valence-electron chi connectivity index (χ4n) is 2.29. The van der Waals surface area contributed by atoms with E-state index in [1.54, 1.807) is 6.07 Å². The number of halogens is 2. The molecule has 1 saturated heterocycles. The van der Waals surface area contributed by atoms with Crippen molar-refractivity contribution in [2.24, 2.45) is 5.73 Å². The lowest BCUT2D eigenvalue weighted by Crippen LogP contribution is -2.47. The maximum atomic E-state index is 13.8. The number of hydrogen-bond donors (Lipinski definition) is 1. The molecular formula is C13H19ClFN3O2S. The van der Waals surface area contributed by atoms with Crippen molar-refractivity contribution in [1.29, 1.82) is 0 Å². The van der Waals surface area contributed by atoms with Crippen LogP contribution in [-0.2, 0) is 16.8 Å². The predicted octanol–water partition coefficient (Wildman–Crippen LogP) is 1.58. The van der Waals surface area contributed by atoms with E-state index in [4.69, 9.17) is 17.3 Å². The summed E-state index contributed by atoms with van der Waals surface area (Å²) in [7, 11) is -2.21. The van der Waals surface area contributed by atoms with Crippen molar-refractivity contribution in [3.05, 3.63) is 34.6 Å². The molecule has 21 heavy (non-hydrogen) atoms. The minimum Gasteiger partial charge on any atom is -0.328 e. The summed E-state index contributed by atoms with van der Waals surface area (Å²) in [6, 6.07) is 4.34. The van der Waals surface area contributed by atoms with Crippen LogP contribution < -0.4 is 5.73 Å². The molecule has 1 aliphatic heterocycles. The number of hydrogen-bond acceptors (Lipinski definition) is 3. The van der Waals surface area contributed by atoms with E-state index < -0.39 is 16.0 Å². The minimum atomic E-state index is -3.63. The van der Waals surface area contributed by atoms with Crippen LogP contribution in [0.1, 0.15) is 18.4 Å². The van der Waals surface area contributed by atoms with Gasteiger partial charge < -0.3 is 5.73 Å². The average Bonchev–Trinajstić information content (AvgIpc) is 2.43. The van der Waals surface area contributed by atoms with Crippen LogP contribution in [0.15, 0.2) is 18.2 Å². The van der Waals surface area contributed by atoms with E-state index >= 15 is 0 Å². The molecule has 5 nitrogen and oxygen atoms in total. The van der Waals surface area contributed by atoms with E-state index in [1.807, 2.05) is 0 Å². The zero-order valence-electron chi connectivity index (χ0n) is 11.8. The van der Waals surface area contributed by atoms with Gasteiger partial charge >= 0.3 is 0 Å². The number of benzene rings is 1. The van der Waals surface area contributed by atoms with Gasteiger partial charge in [-0.15, -0.1) is 0 Å². The van der Waals surface area contributed by atoms with E-state index in [2.05, 4.69) is 0 Å². The maximum Gasteiger partial charge on any atom is 0.282 e. The van der Waals surface area contributed by atoms with Crippen molar-refractivity contribution in [3.63, 3.8) is 0 Å². The summed E-state index contributed by atoms with van der Waals surface area (Å²) in [5.41, 5.74) is 5.96. The maximum absolute atomic E-state index is 13.8. The molecule has 0 amide bonds. The molecule has 1 aliphatic rings. The van der Waals surface area contributed by atoms with Gasteiger partial charge in [-0.05, 0) is 25.0 Å². The second-order valence-corrected chi connectivity index (χ2v) is 7.64. The lowest BCUT2D eigenvalue weighted by atomic mass is 10.1. The monoisotopic (exact) mass is 335 g/mol. The molecular weight excluding hydrogens is 317 g/mol. The van der Waals surface area contributed by atoms with Crippen LogP contribution in [0.25, 0.3) is 0 Å². The van der Waals surface area contributed by atoms with Crippen molar-refractivity contribution in [1.82, 2.24) is 8.61 Å². The third-order valence-electron chi connectivity index (χ3n) is 3.66. The van der Waals surface area contributed by atoms with E-state index in [0.717, 1.165) is 4.31 Å². The number of nitrogens with zero attached hydrogens (tertiary/aromatic N) is 2. The van der Waals surface area contributed by atoms with E-state index in [1.165, 1.54) is 23.5 Å². The van der Waals surface area contributed by atoms with Crippen molar-refractivity contribution in [2.45, 2.75) is 25.4 Å². The molecule has 0 unspecified atom stereocenters. The predicted molar refractivity (Wildman–Crippen MR) is 80.6 cm³/mol. The fraction of sp³-hybridized carbons (Fsp3) is 0.538. The lowest BCUT2D eigenvalue weighted by molar-refractivity contribution is 0.294. The zero-order chi connectivity index (χ0) is 15.6. The van der Waals surface area contributed by atoms with Crippen LogP contribution in [-0.4, -0.2) is 43.2 Å². The van der Waals surface area contributed by atoms with Gasteiger partial charge in [0.1, 0.15) is 5.82 Å². The number of rotatable bonds is 4. The Balaban J connectivity index is 2.13. The SMILES string of the molecule is CN(Cc1c(F)cccc1Cl)S(=O)(=O)N1CCC(N)CC1. The molecule has 0 aromatic heterocycles. The molecule has 0 saturated carbocycles. The summed E-state index contributed by atoms with van der Waals surface area (Å²) in [5.74, 6) is -0.509. The van der Waals surface area contributed by atoms with Gasteiger partial charge in [0.25, 0.3) is 10.2 Å². The highest BCUT2D eigenvalue weighted by molar-refractivity contribution is 7.86. The van der Waals surface area contributed by atoms with Crippen LogP contribution in [0.4, 0.5) is 4.39 Å². The molecule has 0 atom stereocenters. The first-order valence-corrected chi connectivity index (χ1v) is 8.49.